The first-order chi connectivity index (χ1) is 12.3. The van der Waals surface area contributed by atoms with Gasteiger partial charge in [-0.3, -0.25) is 4.79 Å². The van der Waals surface area contributed by atoms with Crippen molar-refractivity contribution in [2.45, 2.75) is 56.7 Å². The minimum atomic E-state index is 0.182. The second-order valence-corrected chi connectivity index (χ2v) is 8.43. The SMILES string of the molecule is O=C(c1ccccc1)N1CCC[C@H](N[C@@H]2[C@@H]3CCO[C@@H]3C23CCC3)C1. The Morgan fingerprint density at radius 1 is 1.16 bits per heavy atom. The number of rotatable bonds is 3. The van der Waals surface area contributed by atoms with Gasteiger partial charge in [-0.15, -0.1) is 0 Å². The van der Waals surface area contributed by atoms with E-state index < -0.39 is 0 Å². The van der Waals surface area contributed by atoms with Gasteiger partial charge in [-0.1, -0.05) is 24.6 Å². The number of carbonyl (C=O) groups excluding carboxylic acids is 1. The normalized spacial score (nSPS) is 35.8. The molecule has 4 atom stereocenters. The van der Waals surface area contributed by atoms with Crippen molar-refractivity contribution in [1.82, 2.24) is 10.2 Å². The molecule has 2 aliphatic heterocycles. The molecule has 1 spiro atoms. The van der Waals surface area contributed by atoms with Crippen LogP contribution in [0.15, 0.2) is 30.3 Å². The molecular formula is C21H28N2O2. The van der Waals surface area contributed by atoms with E-state index in [1.165, 1.54) is 32.1 Å². The fourth-order valence-electron chi connectivity index (χ4n) is 5.81. The van der Waals surface area contributed by atoms with Gasteiger partial charge < -0.3 is 15.0 Å². The second-order valence-electron chi connectivity index (χ2n) is 8.43. The van der Waals surface area contributed by atoms with Crippen LogP contribution < -0.4 is 5.32 Å². The predicted molar refractivity (Wildman–Crippen MR) is 96.4 cm³/mol. The van der Waals surface area contributed by atoms with Crippen LogP contribution in [0.1, 0.15) is 48.9 Å². The van der Waals surface area contributed by atoms with E-state index in [1.807, 2.05) is 35.2 Å². The van der Waals surface area contributed by atoms with Gasteiger partial charge in [0.2, 0.25) is 0 Å². The Kier molecular flexibility index (Phi) is 3.86. The molecule has 0 bridgehead atoms. The first kappa shape index (κ1) is 15.8. The minimum Gasteiger partial charge on any atom is -0.377 e. The molecule has 4 nitrogen and oxygen atoms in total. The zero-order valence-electron chi connectivity index (χ0n) is 14.8. The van der Waals surface area contributed by atoms with E-state index in [9.17, 15) is 4.79 Å². The average Bonchev–Trinajstić information content (AvgIpc) is 3.04. The number of benzene rings is 1. The van der Waals surface area contributed by atoms with Crippen molar-refractivity contribution in [3.63, 3.8) is 0 Å². The Morgan fingerprint density at radius 2 is 2.00 bits per heavy atom. The maximum atomic E-state index is 12.8. The lowest BCUT2D eigenvalue weighted by Crippen LogP contribution is -2.73. The Balaban J connectivity index is 1.25. The summed E-state index contributed by atoms with van der Waals surface area (Å²) in [5.74, 6) is 0.890. The highest BCUT2D eigenvalue weighted by atomic mass is 16.5. The van der Waals surface area contributed by atoms with E-state index >= 15 is 0 Å². The van der Waals surface area contributed by atoms with Gasteiger partial charge >= 0.3 is 0 Å². The van der Waals surface area contributed by atoms with Crippen molar-refractivity contribution in [1.29, 1.82) is 0 Å². The molecule has 1 aromatic carbocycles. The van der Waals surface area contributed by atoms with Crippen molar-refractivity contribution in [2.75, 3.05) is 19.7 Å². The van der Waals surface area contributed by atoms with Gasteiger partial charge in [-0.25, -0.2) is 0 Å². The minimum absolute atomic E-state index is 0.182. The van der Waals surface area contributed by atoms with Crippen LogP contribution in [0.3, 0.4) is 0 Å². The monoisotopic (exact) mass is 340 g/mol. The summed E-state index contributed by atoms with van der Waals surface area (Å²) in [7, 11) is 0. The highest BCUT2D eigenvalue weighted by molar-refractivity contribution is 5.94. The summed E-state index contributed by atoms with van der Waals surface area (Å²) in [6.07, 6.45) is 8.02. The van der Waals surface area contributed by atoms with Gasteiger partial charge in [-0.05, 0) is 44.2 Å². The zero-order chi connectivity index (χ0) is 16.9. The van der Waals surface area contributed by atoms with Crippen LogP contribution >= 0.6 is 0 Å². The molecule has 0 unspecified atom stereocenters. The summed E-state index contributed by atoms with van der Waals surface area (Å²) in [5.41, 5.74) is 1.24. The van der Waals surface area contributed by atoms with Gasteiger partial charge in [0.1, 0.15) is 0 Å². The average molecular weight is 340 g/mol. The third-order valence-corrected chi connectivity index (χ3v) is 7.18. The molecule has 25 heavy (non-hydrogen) atoms. The highest BCUT2D eigenvalue weighted by Gasteiger charge is 2.66. The smallest absolute Gasteiger partial charge is 0.253 e. The number of carbonyl (C=O) groups is 1. The van der Waals surface area contributed by atoms with Crippen molar-refractivity contribution >= 4 is 5.91 Å². The fourth-order valence-corrected chi connectivity index (χ4v) is 5.81. The lowest BCUT2D eigenvalue weighted by molar-refractivity contribution is -0.179. The van der Waals surface area contributed by atoms with Crippen molar-refractivity contribution < 1.29 is 9.53 Å². The molecule has 1 aromatic rings. The molecule has 2 heterocycles. The maximum Gasteiger partial charge on any atom is 0.253 e. The molecule has 4 aliphatic rings. The number of amides is 1. The number of likely N-dealkylation sites (tertiary alicyclic amines) is 1. The second kappa shape index (κ2) is 6.10. The first-order valence-electron chi connectivity index (χ1n) is 10.00. The molecule has 0 radical (unpaired) electrons. The summed E-state index contributed by atoms with van der Waals surface area (Å²) in [5, 5.41) is 3.98. The number of ether oxygens (including phenoxy) is 1. The topological polar surface area (TPSA) is 41.6 Å². The van der Waals surface area contributed by atoms with Gasteiger partial charge in [-0.2, -0.15) is 0 Å². The third-order valence-electron chi connectivity index (χ3n) is 7.18. The molecule has 2 saturated carbocycles. The van der Waals surface area contributed by atoms with Gasteiger partial charge in [0.05, 0.1) is 6.10 Å². The van der Waals surface area contributed by atoms with E-state index in [-0.39, 0.29) is 5.91 Å². The number of hydrogen-bond donors (Lipinski definition) is 1. The molecule has 4 heteroatoms. The first-order valence-corrected chi connectivity index (χ1v) is 10.00. The van der Waals surface area contributed by atoms with Gasteiger partial charge in [0.15, 0.2) is 0 Å². The lowest BCUT2D eigenvalue weighted by Gasteiger charge is -2.64. The summed E-state index contributed by atoms with van der Waals surface area (Å²) in [6, 6.07) is 10.8. The summed E-state index contributed by atoms with van der Waals surface area (Å²) in [4.78, 5) is 14.8. The lowest BCUT2D eigenvalue weighted by atomic mass is 9.46. The van der Waals surface area contributed by atoms with Gasteiger partial charge in [0, 0.05) is 48.7 Å². The van der Waals surface area contributed by atoms with Crippen LogP contribution in [0.2, 0.25) is 0 Å². The third kappa shape index (κ3) is 2.45. The van der Waals surface area contributed by atoms with Crippen LogP contribution in [0.25, 0.3) is 0 Å². The predicted octanol–water partition coefficient (Wildman–Crippen LogP) is 2.84. The van der Waals surface area contributed by atoms with Crippen LogP contribution in [-0.4, -0.2) is 48.7 Å². The van der Waals surface area contributed by atoms with Crippen molar-refractivity contribution in [2.24, 2.45) is 11.3 Å². The van der Waals surface area contributed by atoms with E-state index in [2.05, 4.69) is 5.32 Å². The van der Waals surface area contributed by atoms with E-state index in [0.29, 0.717) is 29.5 Å². The number of hydrogen-bond acceptors (Lipinski definition) is 3. The molecule has 4 fully saturated rings. The summed E-state index contributed by atoms with van der Waals surface area (Å²) < 4.78 is 6.04. The van der Waals surface area contributed by atoms with Crippen LogP contribution in [0.5, 0.6) is 0 Å². The molecule has 1 N–H and O–H groups in total. The highest BCUT2D eigenvalue weighted by Crippen LogP contribution is 2.62. The largest absolute Gasteiger partial charge is 0.377 e. The molecule has 0 aromatic heterocycles. The number of nitrogens with one attached hydrogen (secondary N) is 1. The standard InChI is InChI=1S/C21H28N2O2/c24-20(15-6-2-1-3-7-15)23-12-4-8-16(14-23)22-18-17-9-13-25-19(17)21(18)10-5-11-21/h1-3,6-7,16-19,22H,4-5,8-14H2/t16-,17-,18+,19-/m0/s1. The molecule has 134 valence electrons. The molecule has 1 amide bonds. The number of fused-ring (bicyclic) bond motifs is 2. The Morgan fingerprint density at radius 3 is 2.76 bits per heavy atom. The molecule has 2 aliphatic carbocycles. The fraction of sp³-hybridized carbons (Fsp3) is 0.667. The van der Waals surface area contributed by atoms with E-state index in [4.69, 9.17) is 4.74 Å². The number of piperidine rings is 1. The molecule has 2 saturated heterocycles. The van der Waals surface area contributed by atoms with Crippen molar-refractivity contribution in [3.05, 3.63) is 35.9 Å². The van der Waals surface area contributed by atoms with E-state index in [0.717, 1.165) is 31.7 Å². The van der Waals surface area contributed by atoms with Crippen molar-refractivity contribution in [3.8, 4) is 0 Å². The molecular weight excluding hydrogens is 312 g/mol. The van der Waals surface area contributed by atoms with Crippen LogP contribution in [0, 0.1) is 11.3 Å². The zero-order valence-corrected chi connectivity index (χ0v) is 14.8. The van der Waals surface area contributed by atoms with E-state index in [1.54, 1.807) is 0 Å². The molecule has 5 rings (SSSR count). The Hall–Kier alpha value is -1.39. The summed E-state index contributed by atoms with van der Waals surface area (Å²) in [6.45, 7) is 2.67. The Bertz CT molecular complexity index is 643. The Labute approximate surface area is 149 Å². The number of nitrogens with zero attached hydrogens (tertiary/aromatic N) is 1. The maximum absolute atomic E-state index is 12.8. The van der Waals surface area contributed by atoms with Gasteiger partial charge in [0.25, 0.3) is 5.91 Å². The summed E-state index contributed by atoms with van der Waals surface area (Å²) >= 11 is 0. The van der Waals surface area contributed by atoms with Crippen LogP contribution in [0.4, 0.5) is 0 Å². The van der Waals surface area contributed by atoms with Crippen LogP contribution in [-0.2, 0) is 4.74 Å². The quantitative estimate of drug-likeness (QED) is 0.920.